The van der Waals surface area contributed by atoms with Gasteiger partial charge in [0.1, 0.15) is 10.5 Å². The highest BCUT2D eigenvalue weighted by atomic mass is 32.2. The van der Waals surface area contributed by atoms with Gasteiger partial charge in [-0.15, -0.1) is 11.8 Å². The Hall–Kier alpha value is -1.63. The lowest BCUT2D eigenvalue weighted by atomic mass is 10.1. The molecule has 0 aliphatic rings. The van der Waals surface area contributed by atoms with Crippen LogP contribution in [0.4, 0.5) is 26.3 Å². The summed E-state index contributed by atoms with van der Waals surface area (Å²) in [6, 6.07) is 13.3. The minimum Gasteiger partial charge on any atom is -0.169 e. The fraction of sp³-hybridized carbons (Fsp3) is 0.250. The van der Waals surface area contributed by atoms with E-state index < -0.39 is 22.9 Å². The molecular formula is C16H12F6S. The molecule has 2 rings (SSSR count). The van der Waals surface area contributed by atoms with Crippen molar-refractivity contribution in [2.75, 3.05) is 0 Å². The number of alkyl halides is 6. The van der Waals surface area contributed by atoms with E-state index in [9.17, 15) is 26.3 Å². The Labute approximate surface area is 133 Å². The zero-order chi connectivity index (χ0) is 17.1. The van der Waals surface area contributed by atoms with Crippen molar-refractivity contribution < 1.29 is 26.3 Å². The average molecular weight is 350 g/mol. The van der Waals surface area contributed by atoms with E-state index in [-0.39, 0.29) is 22.9 Å². The Morgan fingerprint density at radius 1 is 0.565 bits per heavy atom. The Morgan fingerprint density at radius 3 is 1.13 bits per heavy atom. The maximum Gasteiger partial charge on any atom is 0.404 e. The molecule has 0 bridgehead atoms. The third-order valence-corrected chi connectivity index (χ3v) is 4.69. The van der Waals surface area contributed by atoms with Crippen LogP contribution in [0.3, 0.4) is 0 Å². The molecule has 2 atom stereocenters. The van der Waals surface area contributed by atoms with E-state index >= 15 is 0 Å². The van der Waals surface area contributed by atoms with E-state index in [0.717, 1.165) is 0 Å². The van der Waals surface area contributed by atoms with E-state index in [4.69, 9.17) is 0 Å². The first-order valence-electron chi connectivity index (χ1n) is 6.58. The van der Waals surface area contributed by atoms with Crippen molar-refractivity contribution in [2.24, 2.45) is 0 Å². The van der Waals surface area contributed by atoms with Crippen LogP contribution in [0.2, 0.25) is 0 Å². The first kappa shape index (κ1) is 17.7. The summed E-state index contributed by atoms with van der Waals surface area (Å²) in [6.07, 6.45) is -9.57. The molecule has 0 amide bonds. The van der Waals surface area contributed by atoms with Crippen molar-refractivity contribution >= 4 is 11.8 Å². The molecule has 0 saturated carbocycles. The number of hydrogen-bond donors (Lipinski definition) is 0. The van der Waals surface area contributed by atoms with Gasteiger partial charge in [0, 0.05) is 0 Å². The molecule has 0 N–H and O–H groups in total. The van der Waals surface area contributed by atoms with Crippen LogP contribution in [0.25, 0.3) is 0 Å². The summed E-state index contributed by atoms with van der Waals surface area (Å²) in [5, 5.41) is -4.51. The zero-order valence-corrected chi connectivity index (χ0v) is 12.4. The Morgan fingerprint density at radius 2 is 0.870 bits per heavy atom. The van der Waals surface area contributed by atoms with Crippen LogP contribution < -0.4 is 0 Å². The fourth-order valence-corrected chi connectivity index (χ4v) is 3.29. The Kier molecular flexibility index (Phi) is 5.29. The van der Waals surface area contributed by atoms with Gasteiger partial charge in [0.05, 0.1) is 0 Å². The highest BCUT2D eigenvalue weighted by molar-refractivity contribution is 7.99. The van der Waals surface area contributed by atoms with Gasteiger partial charge in [-0.3, -0.25) is 0 Å². The number of halogens is 6. The molecule has 0 heterocycles. The van der Waals surface area contributed by atoms with Gasteiger partial charge in [-0.1, -0.05) is 60.7 Å². The lowest BCUT2D eigenvalue weighted by Crippen LogP contribution is -2.24. The zero-order valence-electron chi connectivity index (χ0n) is 11.6. The predicted molar refractivity (Wildman–Crippen MR) is 78.1 cm³/mol. The third-order valence-electron chi connectivity index (χ3n) is 3.07. The van der Waals surface area contributed by atoms with E-state index in [1.54, 1.807) is 0 Å². The van der Waals surface area contributed by atoms with Crippen molar-refractivity contribution in [3.63, 3.8) is 0 Å². The minimum absolute atomic E-state index is 0.140. The number of rotatable bonds is 4. The summed E-state index contributed by atoms with van der Waals surface area (Å²) in [4.78, 5) is 0. The van der Waals surface area contributed by atoms with Gasteiger partial charge in [-0.25, -0.2) is 0 Å². The maximum atomic E-state index is 13.3. The predicted octanol–water partition coefficient (Wildman–Crippen LogP) is 6.33. The second kappa shape index (κ2) is 6.86. The highest BCUT2D eigenvalue weighted by Crippen LogP contribution is 2.54. The van der Waals surface area contributed by atoms with E-state index in [0.29, 0.717) is 0 Å². The molecule has 0 spiro atoms. The lowest BCUT2D eigenvalue weighted by Gasteiger charge is -2.27. The lowest BCUT2D eigenvalue weighted by molar-refractivity contribution is -0.136. The van der Waals surface area contributed by atoms with Crippen LogP contribution in [0.1, 0.15) is 21.6 Å². The van der Waals surface area contributed by atoms with Crippen molar-refractivity contribution in [3.8, 4) is 0 Å². The molecule has 0 aromatic heterocycles. The topological polar surface area (TPSA) is 0 Å². The van der Waals surface area contributed by atoms with Crippen LogP contribution >= 0.6 is 11.8 Å². The van der Waals surface area contributed by atoms with Gasteiger partial charge in [0.15, 0.2) is 0 Å². The normalized spacial score (nSPS) is 15.2. The van der Waals surface area contributed by atoms with Gasteiger partial charge in [-0.05, 0) is 11.1 Å². The molecule has 2 unspecified atom stereocenters. The molecule has 2 aromatic carbocycles. The molecule has 0 aliphatic heterocycles. The van der Waals surface area contributed by atoms with Crippen LogP contribution in [0, 0.1) is 0 Å². The highest BCUT2D eigenvalue weighted by Gasteiger charge is 2.49. The van der Waals surface area contributed by atoms with Crippen LogP contribution in [0.5, 0.6) is 0 Å². The Balaban J connectivity index is 2.39. The molecule has 7 heteroatoms. The standard InChI is InChI=1S/C16H12F6S/c17-15(18,19)13(11-7-3-1-4-8-11)23-14(16(20,21)22)12-9-5-2-6-10-12/h1-10,13-14H. The average Bonchev–Trinajstić information content (AvgIpc) is 2.47. The van der Waals surface area contributed by atoms with Crippen molar-refractivity contribution in [1.29, 1.82) is 0 Å². The smallest absolute Gasteiger partial charge is 0.169 e. The maximum absolute atomic E-state index is 13.3. The number of thioether (sulfide) groups is 1. The summed E-state index contributed by atoms with van der Waals surface area (Å²) in [7, 11) is 0. The summed E-state index contributed by atoms with van der Waals surface area (Å²) >= 11 is -0.140. The van der Waals surface area contributed by atoms with Gasteiger partial charge < -0.3 is 0 Å². The van der Waals surface area contributed by atoms with E-state index in [1.165, 1.54) is 60.7 Å². The SMILES string of the molecule is FC(F)(F)C(SC(c1ccccc1)C(F)(F)F)c1ccccc1. The van der Waals surface area contributed by atoms with Gasteiger partial charge in [0.2, 0.25) is 0 Å². The van der Waals surface area contributed by atoms with Crippen LogP contribution in [-0.2, 0) is 0 Å². The number of hydrogen-bond acceptors (Lipinski definition) is 1. The third kappa shape index (κ3) is 4.67. The summed E-state index contributed by atoms with van der Waals surface area (Å²) in [5.74, 6) is 0. The molecule has 2 aromatic rings. The molecule has 0 fully saturated rings. The summed E-state index contributed by atoms with van der Waals surface area (Å²) in [5.41, 5.74) is -0.398. The largest absolute Gasteiger partial charge is 0.404 e. The second-order valence-electron chi connectivity index (χ2n) is 4.80. The molecule has 0 aliphatic carbocycles. The van der Waals surface area contributed by atoms with Gasteiger partial charge in [0.25, 0.3) is 0 Å². The second-order valence-corrected chi connectivity index (χ2v) is 6.02. The molecule has 23 heavy (non-hydrogen) atoms. The van der Waals surface area contributed by atoms with E-state index in [2.05, 4.69) is 0 Å². The quantitative estimate of drug-likeness (QED) is 0.581. The monoisotopic (exact) mass is 350 g/mol. The van der Waals surface area contributed by atoms with Crippen LogP contribution in [0.15, 0.2) is 60.7 Å². The summed E-state index contributed by atoms with van der Waals surface area (Å²) < 4.78 is 79.7. The Bertz CT molecular complexity index is 550. The molecule has 0 nitrogen and oxygen atoms in total. The number of benzene rings is 2. The molecular weight excluding hydrogens is 338 g/mol. The molecule has 0 saturated heterocycles. The van der Waals surface area contributed by atoms with Crippen molar-refractivity contribution in [3.05, 3.63) is 71.8 Å². The minimum atomic E-state index is -4.79. The molecule has 124 valence electrons. The van der Waals surface area contributed by atoms with Crippen LogP contribution in [-0.4, -0.2) is 12.4 Å². The van der Waals surface area contributed by atoms with Gasteiger partial charge >= 0.3 is 12.4 Å². The first-order chi connectivity index (χ1) is 10.7. The van der Waals surface area contributed by atoms with Crippen molar-refractivity contribution in [1.82, 2.24) is 0 Å². The summed E-state index contributed by atoms with van der Waals surface area (Å²) in [6.45, 7) is 0. The van der Waals surface area contributed by atoms with Crippen molar-refractivity contribution in [2.45, 2.75) is 22.9 Å². The van der Waals surface area contributed by atoms with Gasteiger partial charge in [-0.2, -0.15) is 26.3 Å². The molecule has 0 radical (unpaired) electrons. The van der Waals surface area contributed by atoms with E-state index in [1.807, 2.05) is 0 Å². The first-order valence-corrected chi connectivity index (χ1v) is 7.52. The fourth-order valence-electron chi connectivity index (χ4n) is 2.08.